The number of benzene rings is 1. The fraction of sp³-hybridized carbons (Fsp3) is 0.588. The minimum Gasteiger partial charge on any atom is -0.379 e. The molecule has 4 nitrogen and oxygen atoms in total. The molecule has 2 rings (SSSR count). The molecule has 1 unspecified atom stereocenters. The second-order valence-electron chi connectivity index (χ2n) is 5.57. The summed E-state index contributed by atoms with van der Waals surface area (Å²) in [6.07, 6.45) is 3.33. The third-order valence-corrected chi connectivity index (χ3v) is 3.93. The van der Waals surface area contributed by atoms with E-state index in [1.165, 1.54) is 0 Å². The number of hydrogen-bond donors (Lipinski definition) is 1. The number of nitrogens with one attached hydrogen (secondary N) is 1. The van der Waals surface area contributed by atoms with Crippen molar-refractivity contribution in [2.24, 2.45) is 0 Å². The summed E-state index contributed by atoms with van der Waals surface area (Å²) in [5, 5.41) is 2.95. The zero-order valence-electron chi connectivity index (χ0n) is 13.0. The Balaban J connectivity index is 1.61. The molecule has 0 saturated carbocycles. The molecule has 1 aromatic rings. The van der Waals surface area contributed by atoms with E-state index in [9.17, 15) is 4.79 Å². The summed E-state index contributed by atoms with van der Waals surface area (Å²) in [5.41, 5.74) is 2.95. The highest BCUT2D eigenvalue weighted by Gasteiger charge is 2.15. The van der Waals surface area contributed by atoms with Crippen molar-refractivity contribution in [2.45, 2.75) is 39.2 Å². The van der Waals surface area contributed by atoms with Crippen LogP contribution in [0.1, 0.15) is 40.7 Å². The largest absolute Gasteiger partial charge is 0.379 e. The van der Waals surface area contributed by atoms with Gasteiger partial charge in [-0.15, -0.1) is 0 Å². The van der Waals surface area contributed by atoms with Crippen LogP contribution < -0.4 is 5.32 Å². The van der Waals surface area contributed by atoms with Gasteiger partial charge in [-0.3, -0.25) is 4.79 Å². The van der Waals surface area contributed by atoms with E-state index >= 15 is 0 Å². The van der Waals surface area contributed by atoms with Crippen LogP contribution in [-0.4, -0.2) is 38.4 Å². The van der Waals surface area contributed by atoms with E-state index in [0.717, 1.165) is 42.6 Å². The fourth-order valence-corrected chi connectivity index (χ4v) is 2.46. The van der Waals surface area contributed by atoms with Crippen LogP contribution in [0.5, 0.6) is 0 Å². The van der Waals surface area contributed by atoms with Crippen LogP contribution in [0.3, 0.4) is 0 Å². The van der Waals surface area contributed by atoms with Gasteiger partial charge in [-0.1, -0.05) is 12.1 Å². The monoisotopic (exact) mass is 291 g/mol. The van der Waals surface area contributed by atoms with Crippen LogP contribution in [0.15, 0.2) is 18.2 Å². The highest BCUT2D eigenvalue weighted by molar-refractivity contribution is 5.95. The van der Waals surface area contributed by atoms with Crippen LogP contribution in [0, 0.1) is 13.8 Å². The van der Waals surface area contributed by atoms with Gasteiger partial charge in [-0.2, -0.15) is 0 Å². The Morgan fingerprint density at radius 3 is 3.05 bits per heavy atom. The first-order valence-corrected chi connectivity index (χ1v) is 7.72. The van der Waals surface area contributed by atoms with Crippen molar-refractivity contribution in [1.29, 1.82) is 0 Å². The van der Waals surface area contributed by atoms with E-state index in [4.69, 9.17) is 9.47 Å². The second-order valence-corrected chi connectivity index (χ2v) is 5.57. The average Bonchev–Trinajstić information content (AvgIpc) is 2.98. The van der Waals surface area contributed by atoms with E-state index < -0.39 is 0 Å². The molecule has 0 bridgehead atoms. The molecular weight excluding hydrogens is 266 g/mol. The maximum absolute atomic E-state index is 12.1. The standard InChI is InChI=1S/C17H25NO3/c1-13-6-3-8-16(14(13)2)17(19)18-9-5-10-20-12-15-7-4-11-21-15/h3,6,8,15H,4-5,7,9-12H2,1-2H3,(H,18,19). The predicted octanol–water partition coefficient (Wildman–Crippen LogP) is 2.62. The van der Waals surface area contributed by atoms with Gasteiger partial charge in [0.1, 0.15) is 0 Å². The van der Waals surface area contributed by atoms with Gasteiger partial charge < -0.3 is 14.8 Å². The van der Waals surface area contributed by atoms with Crippen molar-refractivity contribution >= 4 is 5.91 Å². The second kappa shape index (κ2) is 8.15. The smallest absolute Gasteiger partial charge is 0.251 e. The van der Waals surface area contributed by atoms with E-state index in [1.807, 2.05) is 32.0 Å². The fourth-order valence-electron chi connectivity index (χ4n) is 2.46. The number of ether oxygens (including phenoxy) is 2. The molecule has 1 heterocycles. The Kier molecular flexibility index (Phi) is 6.21. The molecule has 0 spiro atoms. The van der Waals surface area contributed by atoms with Crippen LogP contribution in [-0.2, 0) is 9.47 Å². The van der Waals surface area contributed by atoms with Gasteiger partial charge in [0, 0.05) is 25.3 Å². The summed E-state index contributed by atoms with van der Waals surface area (Å²) in [5.74, 6) is -0.00433. The first-order valence-electron chi connectivity index (χ1n) is 7.72. The maximum atomic E-state index is 12.1. The van der Waals surface area contributed by atoms with E-state index in [-0.39, 0.29) is 12.0 Å². The average molecular weight is 291 g/mol. The molecule has 1 fully saturated rings. The SMILES string of the molecule is Cc1cccc(C(=O)NCCCOCC2CCCO2)c1C. The molecule has 1 N–H and O–H groups in total. The molecule has 116 valence electrons. The third-order valence-electron chi connectivity index (χ3n) is 3.93. The summed E-state index contributed by atoms with van der Waals surface area (Å²) < 4.78 is 11.1. The summed E-state index contributed by atoms with van der Waals surface area (Å²) in [7, 11) is 0. The Hall–Kier alpha value is -1.39. The Morgan fingerprint density at radius 1 is 1.43 bits per heavy atom. The zero-order chi connectivity index (χ0) is 15.1. The highest BCUT2D eigenvalue weighted by atomic mass is 16.5. The summed E-state index contributed by atoms with van der Waals surface area (Å²) >= 11 is 0. The van der Waals surface area contributed by atoms with E-state index in [2.05, 4.69) is 5.32 Å². The molecule has 21 heavy (non-hydrogen) atoms. The number of hydrogen-bond acceptors (Lipinski definition) is 3. The molecule has 1 aliphatic rings. The van der Waals surface area contributed by atoms with Crippen LogP contribution >= 0.6 is 0 Å². The number of carbonyl (C=O) groups excluding carboxylic acids is 1. The van der Waals surface area contributed by atoms with E-state index in [0.29, 0.717) is 19.8 Å². The lowest BCUT2D eigenvalue weighted by Crippen LogP contribution is -2.26. The first kappa shape index (κ1) is 16.0. The Morgan fingerprint density at radius 2 is 2.29 bits per heavy atom. The Bertz CT molecular complexity index is 467. The van der Waals surface area contributed by atoms with Crippen molar-refractivity contribution < 1.29 is 14.3 Å². The van der Waals surface area contributed by atoms with E-state index in [1.54, 1.807) is 0 Å². The lowest BCUT2D eigenvalue weighted by atomic mass is 10.0. The first-order chi connectivity index (χ1) is 10.2. The number of carbonyl (C=O) groups is 1. The van der Waals surface area contributed by atoms with Crippen molar-refractivity contribution in [3.05, 3.63) is 34.9 Å². The van der Waals surface area contributed by atoms with Crippen molar-refractivity contribution in [3.8, 4) is 0 Å². The molecule has 1 atom stereocenters. The van der Waals surface area contributed by atoms with Gasteiger partial charge in [0.15, 0.2) is 0 Å². The summed E-state index contributed by atoms with van der Waals surface area (Å²) in [6, 6.07) is 5.80. The minimum atomic E-state index is -0.00433. The minimum absolute atomic E-state index is 0.00433. The molecule has 1 aromatic carbocycles. The highest BCUT2D eigenvalue weighted by Crippen LogP contribution is 2.13. The number of amides is 1. The summed E-state index contributed by atoms with van der Waals surface area (Å²) in [4.78, 5) is 12.1. The maximum Gasteiger partial charge on any atom is 0.251 e. The van der Waals surface area contributed by atoms with Crippen molar-refractivity contribution in [3.63, 3.8) is 0 Å². The summed E-state index contributed by atoms with van der Waals surface area (Å²) in [6.45, 7) is 6.83. The topological polar surface area (TPSA) is 47.6 Å². The number of rotatable bonds is 7. The van der Waals surface area contributed by atoms with Crippen LogP contribution in [0.4, 0.5) is 0 Å². The molecule has 0 radical (unpaired) electrons. The third kappa shape index (κ3) is 4.83. The van der Waals surface area contributed by atoms with Gasteiger partial charge in [0.05, 0.1) is 12.7 Å². The van der Waals surface area contributed by atoms with Gasteiger partial charge in [-0.05, 0) is 50.3 Å². The molecule has 0 aromatic heterocycles. The van der Waals surface area contributed by atoms with Crippen molar-refractivity contribution in [2.75, 3.05) is 26.4 Å². The van der Waals surface area contributed by atoms with Crippen LogP contribution in [0.25, 0.3) is 0 Å². The predicted molar refractivity (Wildman–Crippen MR) is 82.7 cm³/mol. The number of aryl methyl sites for hydroxylation is 1. The molecule has 1 saturated heterocycles. The molecular formula is C17H25NO3. The lowest BCUT2D eigenvalue weighted by molar-refractivity contribution is 0.0166. The zero-order valence-corrected chi connectivity index (χ0v) is 13.0. The van der Waals surface area contributed by atoms with Gasteiger partial charge in [-0.25, -0.2) is 0 Å². The van der Waals surface area contributed by atoms with Gasteiger partial charge in [0.25, 0.3) is 5.91 Å². The molecule has 1 amide bonds. The molecule has 4 heteroatoms. The quantitative estimate of drug-likeness (QED) is 0.786. The molecule has 1 aliphatic heterocycles. The normalized spacial score (nSPS) is 17.9. The van der Waals surface area contributed by atoms with Crippen molar-refractivity contribution in [1.82, 2.24) is 5.32 Å². The van der Waals surface area contributed by atoms with Crippen LogP contribution in [0.2, 0.25) is 0 Å². The van der Waals surface area contributed by atoms with Gasteiger partial charge >= 0.3 is 0 Å². The molecule has 0 aliphatic carbocycles. The van der Waals surface area contributed by atoms with Gasteiger partial charge in [0.2, 0.25) is 0 Å². The lowest BCUT2D eigenvalue weighted by Gasteiger charge is -2.11. The Labute approximate surface area is 126 Å².